The summed E-state index contributed by atoms with van der Waals surface area (Å²) in [6, 6.07) is 5.81. The van der Waals surface area contributed by atoms with E-state index in [-0.39, 0.29) is 11.5 Å². The number of aliphatic hydroxyl groups excluding tert-OH is 1. The van der Waals surface area contributed by atoms with Crippen molar-refractivity contribution in [1.82, 2.24) is 0 Å². The Balaban J connectivity index is 1.79. The smallest absolute Gasteiger partial charge is 0.115 e. The third-order valence-corrected chi connectivity index (χ3v) is 6.13. The lowest BCUT2D eigenvalue weighted by molar-refractivity contribution is 0.0251. The molecule has 2 heteroatoms. The highest BCUT2D eigenvalue weighted by Crippen LogP contribution is 2.58. The zero-order valence-corrected chi connectivity index (χ0v) is 12.0. The fourth-order valence-corrected chi connectivity index (χ4v) is 4.94. The Labute approximate surface area is 120 Å². The molecule has 1 fully saturated rings. The summed E-state index contributed by atoms with van der Waals surface area (Å²) in [6.45, 7) is 2.27. The van der Waals surface area contributed by atoms with Gasteiger partial charge in [-0.2, -0.15) is 0 Å². The van der Waals surface area contributed by atoms with Crippen LogP contribution < -0.4 is 0 Å². The Morgan fingerprint density at radius 1 is 1.20 bits per heavy atom. The van der Waals surface area contributed by atoms with Gasteiger partial charge in [0.05, 0.1) is 6.10 Å². The standard InChI is InChI=1S/C18H22O2/c1-18-9-8-14-13-5-3-12(19)10-11(13)2-4-15(14)16(18)6-7-17(18)20/h3,5,8,10,15-17,19-20H,2,4,6-7,9H2,1H3/t15-,16?,17?,18+/m0/s1. The van der Waals surface area contributed by atoms with Crippen LogP contribution in [0.5, 0.6) is 5.75 Å². The van der Waals surface area contributed by atoms with E-state index in [0.29, 0.717) is 17.6 Å². The predicted molar refractivity (Wildman–Crippen MR) is 79.3 cm³/mol. The van der Waals surface area contributed by atoms with Gasteiger partial charge in [0.2, 0.25) is 0 Å². The molecule has 0 aromatic heterocycles. The molecule has 4 atom stereocenters. The molecule has 3 aliphatic rings. The first-order valence-corrected chi connectivity index (χ1v) is 7.80. The minimum atomic E-state index is -0.133. The van der Waals surface area contributed by atoms with Crippen LogP contribution in [-0.2, 0) is 6.42 Å². The summed E-state index contributed by atoms with van der Waals surface area (Å²) >= 11 is 0. The highest BCUT2D eigenvalue weighted by atomic mass is 16.3. The van der Waals surface area contributed by atoms with Gasteiger partial charge in [0.1, 0.15) is 5.75 Å². The summed E-state index contributed by atoms with van der Waals surface area (Å²) in [5, 5.41) is 20.0. The van der Waals surface area contributed by atoms with Gasteiger partial charge in [-0.1, -0.05) is 19.1 Å². The van der Waals surface area contributed by atoms with Gasteiger partial charge in [0.15, 0.2) is 0 Å². The number of aromatic hydroxyl groups is 1. The van der Waals surface area contributed by atoms with Crippen molar-refractivity contribution in [2.75, 3.05) is 0 Å². The number of hydrogen-bond donors (Lipinski definition) is 2. The van der Waals surface area contributed by atoms with E-state index in [2.05, 4.69) is 19.1 Å². The molecule has 0 spiro atoms. The minimum absolute atomic E-state index is 0.0859. The SMILES string of the molecule is C[C@@]12CC=C3c4ccc(O)cc4CC[C@@H]3C1CCC2O. The number of hydrogen-bond acceptors (Lipinski definition) is 2. The van der Waals surface area contributed by atoms with Crippen molar-refractivity contribution in [3.63, 3.8) is 0 Å². The molecule has 0 saturated heterocycles. The van der Waals surface area contributed by atoms with Gasteiger partial charge in [0, 0.05) is 5.41 Å². The summed E-state index contributed by atoms with van der Waals surface area (Å²) in [7, 11) is 0. The van der Waals surface area contributed by atoms with Crippen molar-refractivity contribution in [2.45, 2.75) is 45.1 Å². The number of aryl methyl sites for hydroxylation is 1. The normalized spacial score (nSPS) is 38.7. The van der Waals surface area contributed by atoms with E-state index < -0.39 is 0 Å². The first-order chi connectivity index (χ1) is 9.59. The maximum absolute atomic E-state index is 10.3. The molecule has 1 saturated carbocycles. The molecule has 4 rings (SSSR count). The molecule has 3 aliphatic carbocycles. The van der Waals surface area contributed by atoms with Crippen LogP contribution in [0.2, 0.25) is 0 Å². The lowest BCUT2D eigenvalue weighted by Gasteiger charge is -2.45. The maximum Gasteiger partial charge on any atom is 0.115 e. The van der Waals surface area contributed by atoms with Gasteiger partial charge in [-0.25, -0.2) is 0 Å². The van der Waals surface area contributed by atoms with Crippen molar-refractivity contribution in [1.29, 1.82) is 0 Å². The Kier molecular flexibility index (Phi) is 2.56. The second-order valence-electron chi connectivity index (χ2n) is 7.06. The molecule has 0 bridgehead atoms. The molecule has 2 unspecified atom stereocenters. The van der Waals surface area contributed by atoms with Gasteiger partial charge >= 0.3 is 0 Å². The van der Waals surface area contributed by atoms with E-state index in [4.69, 9.17) is 0 Å². The van der Waals surface area contributed by atoms with E-state index in [1.54, 1.807) is 6.07 Å². The van der Waals surface area contributed by atoms with Gasteiger partial charge in [-0.05, 0) is 72.8 Å². The molecular formula is C18H22O2. The first kappa shape index (κ1) is 12.5. The molecule has 0 radical (unpaired) electrons. The Hall–Kier alpha value is -1.28. The van der Waals surface area contributed by atoms with Gasteiger partial charge in [0.25, 0.3) is 0 Å². The van der Waals surface area contributed by atoms with E-state index in [0.717, 1.165) is 32.1 Å². The number of rotatable bonds is 0. The van der Waals surface area contributed by atoms with E-state index in [1.165, 1.54) is 16.7 Å². The van der Waals surface area contributed by atoms with Crippen molar-refractivity contribution in [2.24, 2.45) is 17.3 Å². The van der Waals surface area contributed by atoms with Crippen LogP contribution >= 0.6 is 0 Å². The van der Waals surface area contributed by atoms with Crippen molar-refractivity contribution < 1.29 is 10.2 Å². The van der Waals surface area contributed by atoms with Gasteiger partial charge < -0.3 is 10.2 Å². The first-order valence-electron chi connectivity index (χ1n) is 7.80. The van der Waals surface area contributed by atoms with Crippen LogP contribution in [0.15, 0.2) is 24.3 Å². The number of benzene rings is 1. The quantitative estimate of drug-likeness (QED) is 0.757. The maximum atomic E-state index is 10.3. The average molecular weight is 270 g/mol. The summed E-state index contributed by atoms with van der Waals surface area (Å²) < 4.78 is 0. The van der Waals surface area contributed by atoms with Crippen LogP contribution in [0.1, 0.15) is 43.7 Å². The molecule has 1 aromatic carbocycles. The minimum Gasteiger partial charge on any atom is -0.508 e. The topological polar surface area (TPSA) is 40.5 Å². The monoisotopic (exact) mass is 270 g/mol. The third-order valence-electron chi connectivity index (χ3n) is 6.13. The predicted octanol–water partition coefficient (Wildman–Crippen LogP) is 3.52. The zero-order chi connectivity index (χ0) is 13.9. The number of aliphatic hydroxyl groups is 1. The summed E-state index contributed by atoms with van der Waals surface area (Å²) in [4.78, 5) is 0. The lowest BCUT2D eigenvalue weighted by atomic mass is 9.60. The molecule has 0 heterocycles. The molecule has 20 heavy (non-hydrogen) atoms. The number of allylic oxidation sites excluding steroid dienone is 2. The molecule has 0 amide bonds. The van der Waals surface area contributed by atoms with Crippen molar-refractivity contribution >= 4 is 5.57 Å². The number of phenols is 1. The van der Waals surface area contributed by atoms with E-state index >= 15 is 0 Å². The van der Waals surface area contributed by atoms with Gasteiger partial charge in [-0.3, -0.25) is 0 Å². The van der Waals surface area contributed by atoms with Gasteiger partial charge in [-0.15, -0.1) is 0 Å². The number of fused-ring (bicyclic) bond motifs is 5. The summed E-state index contributed by atoms with van der Waals surface area (Å²) in [6.07, 6.45) is 7.56. The second kappa shape index (κ2) is 4.11. The molecule has 2 N–H and O–H groups in total. The average Bonchev–Trinajstić information content (AvgIpc) is 2.74. The molecule has 0 aliphatic heterocycles. The largest absolute Gasteiger partial charge is 0.508 e. The summed E-state index contributed by atoms with van der Waals surface area (Å²) in [5.74, 6) is 1.60. The molecule has 1 aromatic rings. The summed E-state index contributed by atoms with van der Waals surface area (Å²) in [5.41, 5.74) is 4.18. The van der Waals surface area contributed by atoms with Crippen LogP contribution in [0.25, 0.3) is 5.57 Å². The fraction of sp³-hybridized carbons (Fsp3) is 0.556. The Morgan fingerprint density at radius 3 is 2.90 bits per heavy atom. The number of phenolic OH excluding ortho intramolecular Hbond substituents is 1. The lowest BCUT2D eigenvalue weighted by Crippen LogP contribution is -2.39. The van der Waals surface area contributed by atoms with Crippen LogP contribution in [0.3, 0.4) is 0 Å². The highest BCUT2D eigenvalue weighted by molar-refractivity contribution is 5.73. The third kappa shape index (κ3) is 1.54. The highest BCUT2D eigenvalue weighted by Gasteiger charge is 2.51. The van der Waals surface area contributed by atoms with Crippen LogP contribution in [0.4, 0.5) is 0 Å². The van der Waals surface area contributed by atoms with Crippen molar-refractivity contribution in [3.8, 4) is 5.75 Å². The molecular weight excluding hydrogens is 248 g/mol. The fourth-order valence-electron chi connectivity index (χ4n) is 4.94. The van der Waals surface area contributed by atoms with Crippen molar-refractivity contribution in [3.05, 3.63) is 35.4 Å². The second-order valence-corrected chi connectivity index (χ2v) is 7.06. The van der Waals surface area contributed by atoms with E-state index in [1.807, 2.05) is 6.07 Å². The van der Waals surface area contributed by atoms with Crippen LogP contribution in [-0.4, -0.2) is 16.3 Å². The van der Waals surface area contributed by atoms with Crippen LogP contribution in [0, 0.1) is 17.3 Å². The Bertz CT molecular complexity index is 589. The molecule has 106 valence electrons. The molecule has 2 nitrogen and oxygen atoms in total. The van der Waals surface area contributed by atoms with E-state index in [9.17, 15) is 10.2 Å². The zero-order valence-electron chi connectivity index (χ0n) is 12.0. The Morgan fingerprint density at radius 2 is 2.05 bits per heavy atom.